The van der Waals surface area contributed by atoms with E-state index in [-0.39, 0.29) is 18.5 Å². The van der Waals surface area contributed by atoms with Gasteiger partial charge in [0.25, 0.3) is 0 Å². The molecule has 96 valence electrons. The number of aryl methyl sites for hydroxylation is 1. The SMILES string of the molecule is Cc1ccccc1C(C)NCC(=O)NCCC#N. The lowest BCUT2D eigenvalue weighted by Gasteiger charge is -2.16. The Morgan fingerprint density at radius 1 is 1.44 bits per heavy atom. The summed E-state index contributed by atoms with van der Waals surface area (Å²) in [5.41, 5.74) is 2.41. The van der Waals surface area contributed by atoms with Crippen LogP contribution >= 0.6 is 0 Å². The fraction of sp³-hybridized carbons (Fsp3) is 0.429. The van der Waals surface area contributed by atoms with Gasteiger partial charge in [-0.3, -0.25) is 4.79 Å². The van der Waals surface area contributed by atoms with Gasteiger partial charge in [-0.15, -0.1) is 0 Å². The Hall–Kier alpha value is -1.86. The molecule has 2 N–H and O–H groups in total. The van der Waals surface area contributed by atoms with E-state index in [0.717, 1.165) is 0 Å². The lowest BCUT2D eigenvalue weighted by molar-refractivity contribution is -0.120. The third-order valence-corrected chi connectivity index (χ3v) is 2.78. The van der Waals surface area contributed by atoms with Crippen molar-refractivity contribution < 1.29 is 4.79 Å². The summed E-state index contributed by atoms with van der Waals surface area (Å²) in [5.74, 6) is -0.0781. The summed E-state index contributed by atoms with van der Waals surface area (Å²) < 4.78 is 0. The molecule has 0 aliphatic heterocycles. The van der Waals surface area contributed by atoms with Crippen molar-refractivity contribution in [3.05, 3.63) is 35.4 Å². The molecule has 0 radical (unpaired) electrons. The molecule has 1 atom stereocenters. The molecule has 1 amide bonds. The van der Waals surface area contributed by atoms with E-state index in [1.165, 1.54) is 11.1 Å². The second-order valence-electron chi connectivity index (χ2n) is 4.22. The molecule has 0 saturated heterocycles. The van der Waals surface area contributed by atoms with Crippen LogP contribution in [-0.2, 0) is 4.79 Å². The van der Waals surface area contributed by atoms with Crippen molar-refractivity contribution in [1.29, 1.82) is 5.26 Å². The van der Waals surface area contributed by atoms with E-state index in [1.54, 1.807) is 0 Å². The molecular weight excluding hydrogens is 226 g/mol. The molecule has 0 spiro atoms. The first kappa shape index (κ1) is 14.2. The summed E-state index contributed by atoms with van der Waals surface area (Å²) in [6, 6.07) is 10.2. The molecule has 4 nitrogen and oxygen atoms in total. The highest BCUT2D eigenvalue weighted by atomic mass is 16.1. The van der Waals surface area contributed by atoms with Gasteiger partial charge in [-0.05, 0) is 25.0 Å². The minimum Gasteiger partial charge on any atom is -0.354 e. The van der Waals surface area contributed by atoms with E-state index in [0.29, 0.717) is 13.0 Å². The number of hydrogen-bond donors (Lipinski definition) is 2. The lowest BCUT2D eigenvalue weighted by atomic mass is 10.0. The fourth-order valence-corrected chi connectivity index (χ4v) is 1.75. The first-order valence-corrected chi connectivity index (χ1v) is 6.07. The number of benzene rings is 1. The summed E-state index contributed by atoms with van der Waals surface area (Å²) in [6.45, 7) is 4.77. The Kier molecular flexibility index (Phi) is 5.89. The zero-order valence-corrected chi connectivity index (χ0v) is 10.9. The van der Waals surface area contributed by atoms with E-state index in [1.807, 2.05) is 25.1 Å². The number of carbonyl (C=O) groups excluding carboxylic acids is 1. The van der Waals surface area contributed by atoms with Crippen LogP contribution in [-0.4, -0.2) is 19.0 Å². The number of rotatable bonds is 6. The van der Waals surface area contributed by atoms with Gasteiger partial charge in [0.1, 0.15) is 0 Å². The van der Waals surface area contributed by atoms with Crippen molar-refractivity contribution >= 4 is 5.91 Å². The van der Waals surface area contributed by atoms with Crippen LogP contribution in [0.4, 0.5) is 0 Å². The van der Waals surface area contributed by atoms with Crippen molar-refractivity contribution in [2.75, 3.05) is 13.1 Å². The molecule has 1 unspecified atom stereocenters. The van der Waals surface area contributed by atoms with Crippen LogP contribution in [0.1, 0.15) is 30.5 Å². The Morgan fingerprint density at radius 2 is 2.17 bits per heavy atom. The van der Waals surface area contributed by atoms with Gasteiger partial charge in [0.05, 0.1) is 19.0 Å². The third-order valence-electron chi connectivity index (χ3n) is 2.78. The number of nitrogens with one attached hydrogen (secondary N) is 2. The smallest absolute Gasteiger partial charge is 0.234 e. The Labute approximate surface area is 108 Å². The van der Waals surface area contributed by atoms with E-state index in [9.17, 15) is 4.79 Å². The molecule has 1 aromatic carbocycles. The second kappa shape index (κ2) is 7.46. The molecule has 0 fully saturated rings. The maximum atomic E-state index is 11.5. The standard InChI is InChI=1S/C14H19N3O/c1-11-6-3-4-7-13(11)12(2)17-10-14(18)16-9-5-8-15/h3-4,6-7,12,17H,5,9-10H2,1-2H3,(H,16,18). The third kappa shape index (κ3) is 4.56. The number of hydrogen-bond acceptors (Lipinski definition) is 3. The van der Waals surface area contributed by atoms with Gasteiger partial charge in [0, 0.05) is 12.6 Å². The van der Waals surface area contributed by atoms with E-state index >= 15 is 0 Å². The second-order valence-corrected chi connectivity index (χ2v) is 4.22. The molecule has 0 aliphatic carbocycles. The number of nitrogens with zero attached hydrogens (tertiary/aromatic N) is 1. The summed E-state index contributed by atoms with van der Waals surface area (Å²) in [5, 5.41) is 14.2. The molecule has 0 saturated carbocycles. The summed E-state index contributed by atoms with van der Waals surface area (Å²) in [7, 11) is 0. The topological polar surface area (TPSA) is 64.9 Å². The Morgan fingerprint density at radius 3 is 2.83 bits per heavy atom. The molecule has 1 aromatic rings. The molecular formula is C14H19N3O. The Balaban J connectivity index is 2.38. The quantitative estimate of drug-likeness (QED) is 0.749. The minimum absolute atomic E-state index is 0.0781. The molecule has 0 aromatic heterocycles. The van der Waals surface area contributed by atoms with Gasteiger partial charge < -0.3 is 10.6 Å². The number of amides is 1. The van der Waals surface area contributed by atoms with Gasteiger partial charge in [-0.2, -0.15) is 5.26 Å². The molecule has 18 heavy (non-hydrogen) atoms. The fourth-order valence-electron chi connectivity index (χ4n) is 1.75. The monoisotopic (exact) mass is 245 g/mol. The largest absolute Gasteiger partial charge is 0.354 e. The van der Waals surface area contributed by atoms with Gasteiger partial charge in [0.15, 0.2) is 0 Å². The summed E-state index contributed by atoms with van der Waals surface area (Å²) in [6.07, 6.45) is 0.346. The molecule has 4 heteroatoms. The first-order valence-electron chi connectivity index (χ1n) is 6.07. The number of nitriles is 1. The molecule has 0 bridgehead atoms. The van der Waals surface area contributed by atoms with Crippen molar-refractivity contribution in [3.63, 3.8) is 0 Å². The highest BCUT2D eigenvalue weighted by Gasteiger charge is 2.08. The van der Waals surface area contributed by atoms with E-state index in [2.05, 4.69) is 29.7 Å². The lowest BCUT2D eigenvalue weighted by Crippen LogP contribution is -2.35. The van der Waals surface area contributed by atoms with Crippen LogP contribution in [0.15, 0.2) is 24.3 Å². The van der Waals surface area contributed by atoms with E-state index in [4.69, 9.17) is 5.26 Å². The highest BCUT2D eigenvalue weighted by molar-refractivity contribution is 5.78. The Bertz CT molecular complexity index is 437. The van der Waals surface area contributed by atoms with Crippen molar-refractivity contribution in [1.82, 2.24) is 10.6 Å². The zero-order chi connectivity index (χ0) is 13.4. The minimum atomic E-state index is -0.0781. The average molecular weight is 245 g/mol. The van der Waals surface area contributed by atoms with Crippen LogP contribution in [0, 0.1) is 18.3 Å². The van der Waals surface area contributed by atoms with Crippen molar-refractivity contribution in [2.24, 2.45) is 0 Å². The zero-order valence-electron chi connectivity index (χ0n) is 10.9. The van der Waals surface area contributed by atoms with Gasteiger partial charge in [0.2, 0.25) is 5.91 Å². The van der Waals surface area contributed by atoms with Crippen LogP contribution in [0.5, 0.6) is 0 Å². The van der Waals surface area contributed by atoms with Gasteiger partial charge in [-0.25, -0.2) is 0 Å². The van der Waals surface area contributed by atoms with Crippen LogP contribution in [0.2, 0.25) is 0 Å². The molecule has 1 rings (SSSR count). The predicted octanol–water partition coefficient (Wildman–Crippen LogP) is 1.68. The van der Waals surface area contributed by atoms with Crippen LogP contribution < -0.4 is 10.6 Å². The number of carbonyl (C=O) groups is 1. The normalized spacial score (nSPS) is 11.6. The van der Waals surface area contributed by atoms with E-state index < -0.39 is 0 Å². The highest BCUT2D eigenvalue weighted by Crippen LogP contribution is 2.15. The predicted molar refractivity (Wildman–Crippen MR) is 70.8 cm³/mol. The van der Waals surface area contributed by atoms with Crippen molar-refractivity contribution in [2.45, 2.75) is 26.3 Å². The van der Waals surface area contributed by atoms with Crippen LogP contribution in [0.25, 0.3) is 0 Å². The van der Waals surface area contributed by atoms with Gasteiger partial charge in [-0.1, -0.05) is 24.3 Å². The maximum Gasteiger partial charge on any atom is 0.234 e. The van der Waals surface area contributed by atoms with Crippen LogP contribution in [0.3, 0.4) is 0 Å². The maximum absolute atomic E-state index is 11.5. The summed E-state index contributed by atoms with van der Waals surface area (Å²) >= 11 is 0. The summed E-state index contributed by atoms with van der Waals surface area (Å²) in [4.78, 5) is 11.5. The first-order chi connectivity index (χ1) is 8.65. The molecule has 0 heterocycles. The molecule has 0 aliphatic rings. The van der Waals surface area contributed by atoms with Gasteiger partial charge >= 0.3 is 0 Å². The average Bonchev–Trinajstić information content (AvgIpc) is 2.37. The van der Waals surface area contributed by atoms with Crippen molar-refractivity contribution in [3.8, 4) is 6.07 Å².